The SMILES string of the molecule is COC(=O)c1ccc2nc(C3CCN(C)CC3)nn2c1. The highest BCUT2D eigenvalue weighted by atomic mass is 16.5. The maximum atomic E-state index is 11.5. The van der Waals surface area contributed by atoms with Crippen LogP contribution < -0.4 is 0 Å². The minimum atomic E-state index is -0.358. The number of carbonyl (C=O) groups excluding carboxylic acids is 1. The van der Waals surface area contributed by atoms with Crippen LogP contribution in [-0.4, -0.2) is 52.7 Å². The minimum absolute atomic E-state index is 0.358. The summed E-state index contributed by atoms with van der Waals surface area (Å²) in [6.07, 6.45) is 3.83. The summed E-state index contributed by atoms with van der Waals surface area (Å²) in [7, 11) is 3.51. The third kappa shape index (κ3) is 2.38. The van der Waals surface area contributed by atoms with Crippen LogP contribution in [0, 0.1) is 0 Å². The van der Waals surface area contributed by atoms with Crippen molar-refractivity contribution in [1.29, 1.82) is 0 Å². The molecule has 6 nitrogen and oxygen atoms in total. The lowest BCUT2D eigenvalue weighted by Crippen LogP contribution is -2.29. The molecule has 0 N–H and O–H groups in total. The summed E-state index contributed by atoms with van der Waals surface area (Å²) in [5.41, 5.74) is 1.26. The van der Waals surface area contributed by atoms with Crippen LogP contribution in [0.3, 0.4) is 0 Å². The molecule has 1 aliphatic rings. The summed E-state index contributed by atoms with van der Waals surface area (Å²) >= 11 is 0. The van der Waals surface area contributed by atoms with E-state index in [-0.39, 0.29) is 5.97 Å². The van der Waals surface area contributed by atoms with Gasteiger partial charge in [-0.25, -0.2) is 14.3 Å². The van der Waals surface area contributed by atoms with Gasteiger partial charge < -0.3 is 9.64 Å². The second-order valence-corrected chi connectivity index (χ2v) is 5.26. The van der Waals surface area contributed by atoms with Crippen molar-refractivity contribution < 1.29 is 9.53 Å². The molecule has 1 fully saturated rings. The number of rotatable bonds is 2. The molecule has 0 aromatic carbocycles. The Balaban J connectivity index is 1.88. The topological polar surface area (TPSA) is 59.7 Å². The van der Waals surface area contributed by atoms with Crippen molar-refractivity contribution in [2.45, 2.75) is 18.8 Å². The van der Waals surface area contributed by atoms with Gasteiger partial charge in [-0.2, -0.15) is 5.10 Å². The van der Waals surface area contributed by atoms with E-state index in [4.69, 9.17) is 4.74 Å². The van der Waals surface area contributed by atoms with E-state index in [0.717, 1.165) is 37.4 Å². The number of fused-ring (bicyclic) bond motifs is 1. The second-order valence-electron chi connectivity index (χ2n) is 5.26. The lowest BCUT2D eigenvalue weighted by molar-refractivity contribution is 0.0600. The van der Waals surface area contributed by atoms with E-state index in [9.17, 15) is 4.79 Å². The molecule has 0 amide bonds. The van der Waals surface area contributed by atoms with Crippen molar-refractivity contribution >= 4 is 11.6 Å². The lowest BCUT2D eigenvalue weighted by Gasteiger charge is -2.26. The van der Waals surface area contributed by atoms with Gasteiger partial charge in [0.05, 0.1) is 12.7 Å². The van der Waals surface area contributed by atoms with Crippen molar-refractivity contribution in [2.24, 2.45) is 0 Å². The summed E-state index contributed by atoms with van der Waals surface area (Å²) in [4.78, 5) is 18.4. The zero-order valence-electron chi connectivity index (χ0n) is 11.7. The van der Waals surface area contributed by atoms with Crippen molar-refractivity contribution in [1.82, 2.24) is 19.5 Å². The first kappa shape index (κ1) is 13.1. The smallest absolute Gasteiger partial charge is 0.339 e. The van der Waals surface area contributed by atoms with E-state index in [1.54, 1.807) is 22.8 Å². The van der Waals surface area contributed by atoms with Crippen LogP contribution in [0.1, 0.15) is 34.9 Å². The normalized spacial score (nSPS) is 17.5. The van der Waals surface area contributed by atoms with E-state index in [1.807, 2.05) is 0 Å². The molecule has 0 saturated carbocycles. The summed E-state index contributed by atoms with van der Waals surface area (Å²) in [5, 5.41) is 4.52. The highest BCUT2D eigenvalue weighted by Gasteiger charge is 2.22. The predicted molar refractivity (Wildman–Crippen MR) is 73.8 cm³/mol. The molecule has 3 rings (SSSR count). The first-order valence-electron chi connectivity index (χ1n) is 6.80. The first-order valence-corrected chi connectivity index (χ1v) is 6.80. The highest BCUT2D eigenvalue weighted by molar-refractivity contribution is 5.89. The average Bonchev–Trinajstić information content (AvgIpc) is 2.90. The third-order valence-corrected chi connectivity index (χ3v) is 3.85. The number of carbonyl (C=O) groups is 1. The number of piperidine rings is 1. The summed E-state index contributed by atoms with van der Waals surface area (Å²) < 4.78 is 6.38. The highest BCUT2D eigenvalue weighted by Crippen LogP contribution is 2.25. The van der Waals surface area contributed by atoms with Gasteiger partial charge in [0, 0.05) is 12.1 Å². The van der Waals surface area contributed by atoms with Gasteiger partial charge in [0.1, 0.15) is 0 Å². The first-order chi connectivity index (χ1) is 9.67. The minimum Gasteiger partial charge on any atom is -0.465 e. The number of methoxy groups -OCH3 is 1. The van der Waals surface area contributed by atoms with Crippen molar-refractivity contribution in [3.63, 3.8) is 0 Å². The molecule has 0 bridgehead atoms. The zero-order valence-corrected chi connectivity index (χ0v) is 11.7. The van der Waals surface area contributed by atoms with Crippen LogP contribution in [0.5, 0.6) is 0 Å². The fraction of sp³-hybridized carbons (Fsp3) is 0.500. The Morgan fingerprint density at radius 1 is 1.35 bits per heavy atom. The summed E-state index contributed by atoms with van der Waals surface area (Å²) in [6.45, 7) is 2.15. The van der Waals surface area contributed by atoms with E-state index in [0.29, 0.717) is 11.5 Å². The number of nitrogens with zero attached hydrogens (tertiary/aromatic N) is 4. The van der Waals surface area contributed by atoms with Crippen LogP contribution >= 0.6 is 0 Å². The maximum absolute atomic E-state index is 11.5. The number of likely N-dealkylation sites (tertiary alicyclic amines) is 1. The molecule has 0 unspecified atom stereocenters. The van der Waals surface area contributed by atoms with E-state index < -0.39 is 0 Å². The van der Waals surface area contributed by atoms with Crippen LogP contribution in [0.2, 0.25) is 0 Å². The van der Waals surface area contributed by atoms with Gasteiger partial charge >= 0.3 is 5.97 Å². The molecule has 2 aromatic rings. The molecule has 0 atom stereocenters. The molecule has 1 aliphatic heterocycles. The Labute approximate surface area is 117 Å². The third-order valence-electron chi connectivity index (χ3n) is 3.85. The molecule has 3 heterocycles. The van der Waals surface area contributed by atoms with Crippen molar-refractivity contribution in [3.8, 4) is 0 Å². The molecule has 106 valence electrons. The van der Waals surface area contributed by atoms with Gasteiger partial charge in [0.15, 0.2) is 11.5 Å². The Hall–Kier alpha value is -1.95. The van der Waals surface area contributed by atoms with Crippen LogP contribution in [0.25, 0.3) is 5.65 Å². The molecule has 1 saturated heterocycles. The van der Waals surface area contributed by atoms with Crippen LogP contribution in [0.15, 0.2) is 18.3 Å². The fourth-order valence-electron chi connectivity index (χ4n) is 2.58. The summed E-state index contributed by atoms with van der Waals surface area (Å²) in [6, 6.07) is 3.52. The number of hydrogen-bond donors (Lipinski definition) is 0. The molecule has 0 aliphatic carbocycles. The number of esters is 1. The zero-order chi connectivity index (χ0) is 14.1. The van der Waals surface area contributed by atoms with Crippen molar-refractivity contribution in [3.05, 3.63) is 29.7 Å². The fourth-order valence-corrected chi connectivity index (χ4v) is 2.58. The molecule has 0 radical (unpaired) electrons. The monoisotopic (exact) mass is 274 g/mol. The molecule has 2 aromatic heterocycles. The van der Waals surface area contributed by atoms with Gasteiger partial charge in [-0.05, 0) is 45.1 Å². The maximum Gasteiger partial charge on any atom is 0.339 e. The quantitative estimate of drug-likeness (QED) is 0.773. The molecule has 0 spiro atoms. The average molecular weight is 274 g/mol. The molecule has 6 heteroatoms. The standard InChI is InChI=1S/C14H18N4O2/c1-17-7-5-10(6-8-17)13-15-12-4-3-11(14(19)20-2)9-18(12)16-13/h3-4,9-10H,5-8H2,1-2H3. The summed E-state index contributed by atoms with van der Waals surface area (Å²) in [5.74, 6) is 0.927. The van der Waals surface area contributed by atoms with Gasteiger partial charge in [-0.1, -0.05) is 0 Å². The number of hydrogen-bond acceptors (Lipinski definition) is 5. The largest absolute Gasteiger partial charge is 0.465 e. The molecular weight excluding hydrogens is 256 g/mol. The Morgan fingerprint density at radius 3 is 2.80 bits per heavy atom. The van der Waals surface area contributed by atoms with Crippen LogP contribution in [-0.2, 0) is 4.74 Å². The van der Waals surface area contributed by atoms with Gasteiger partial charge in [0.25, 0.3) is 0 Å². The van der Waals surface area contributed by atoms with Gasteiger partial charge in [0.2, 0.25) is 0 Å². The van der Waals surface area contributed by atoms with E-state index in [1.165, 1.54) is 7.11 Å². The van der Waals surface area contributed by atoms with Crippen LogP contribution in [0.4, 0.5) is 0 Å². The Kier molecular flexibility index (Phi) is 3.40. The lowest BCUT2D eigenvalue weighted by atomic mass is 9.97. The number of aromatic nitrogens is 3. The Bertz CT molecular complexity index is 629. The predicted octanol–water partition coefficient (Wildman–Crippen LogP) is 1.33. The Morgan fingerprint density at radius 2 is 2.10 bits per heavy atom. The molecular formula is C14H18N4O2. The van der Waals surface area contributed by atoms with E-state index >= 15 is 0 Å². The van der Waals surface area contributed by atoms with Gasteiger partial charge in [-0.15, -0.1) is 0 Å². The van der Waals surface area contributed by atoms with Gasteiger partial charge in [-0.3, -0.25) is 0 Å². The van der Waals surface area contributed by atoms with Crippen molar-refractivity contribution in [2.75, 3.05) is 27.2 Å². The van der Waals surface area contributed by atoms with E-state index in [2.05, 4.69) is 22.0 Å². The second kappa shape index (κ2) is 5.20. The molecule has 20 heavy (non-hydrogen) atoms. The number of ether oxygens (including phenoxy) is 1. The number of pyridine rings is 1.